The van der Waals surface area contributed by atoms with Crippen LogP contribution in [0.1, 0.15) is 26.6 Å². The van der Waals surface area contributed by atoms with E-state index < -0.39 is 0 Å². The van der Waals surface area contributed by atoms with Crippen LogP contribution in [0.2, 0.25) is 10.0 Å². The molecule has 1 amide bonds. The van der Waals surface area contributed by atoms with Crippen molar-refractivity contribution < 1.29 is 4.79 Å². The van der Waals surface area contributed by atoms with E-state index in [1.165, 1.54) is 28.7 Å². The van der Waals surface area contributed by atoms with E-state index in [1.807, 2.05) is 85.1 Å². The first-order chi connectivity index (χ1) is 17.9. The van der Waals surface area contributed by atoms with E-state index in [0.29, 0.717) is 32.5 Å². The number of thioether (sulfide) groups is 1. The fourth-order valence-electron chi connectivity index (χ4n) is 3.65. The standard InChI is InChI=1S/C27H21Cl2N5OS2/c1-16-11-12-18(13-17(16)2)30-26(35)22-14-36-24(31-22)15-37-27-33-32-25(19-7-3-4-8-20(19)28)34(27)23-10-6-5-9-21(23)29/h3-14H,15H2,1-2H3,(H,30,35). The molecule has 5 aromatic rings. The first-order valence-corrected chi connectivity index (χ1v) is 13.9. The number of thiazole rings is 1. The molecule has 2 aromatic heterocycles. The van der Waals surface area contributed by atoms with Gasteiger partial charge in [-0.3, -0.25) is 9.36 Å². The molecule has 6 nitrogen and oxygen atoms in total. The number of carbonyl (C=O) groups excluding carboxylic acids is 1. The Morgan fingerprint density at radius 1 is 0.973 bits per heavy atom. The van der Waals surface area contributed by atoms with Gasteiger partial charge in [0.1, 0.15) is 10.7 Å². The second-order valence-corrected chi connectivity index (χ2v) is 10.9. The maximum Gasteiger partial charge on any atom is 0.275 e. The topological polar surface area (TPSA) is 72.7 Å². The van der Waals surface area contributed by atoms with Gasteiger partial charge >= 0.3 is 0 Å². The smallest absolute Gasteiger partial charge is 0.275 e. The van der Waals surface area contributed by atoms with Gasteiger partial charge in [0.05, 0.1) is 21.5 Å². The van der Waals surface area contributed by atoms with Crippen LogP contribution in [-0.4, -0.2) is 25.7 Å². The van der Waals surface area contributed by atoms with E-state index in [1.54, 1.807) is 5.38 Å². The number of aromatic nitrogens is 4. The van der Waals surface area contributed by atoms with Gasteiger partial charge in [-0.1, -0.05) is 65.3 Å². The maximum atomic E-state index is 12.7. The number of carbonyl (C=O) groups is 1. The lowest BCUT2D eigenvalue weighted by Gasteiger charge is -2.12. The number of anilines is 1. The van der Waals surface area contributed by atoms with E-state index in [9.17, 15) is 4.79 Å². The Labute approximate surface area is 232 Å². The Bertz CT molecular complexity index is 1600. The molecule has 0 bridgehead atoms. The van der Waals surface area contributed by atoms with Crippen molar-refractivity contribution >= 4 is 57.9 Å². The lowest BCUT2D eigenvalue weighted by molar-refractivity contribution is 0.102. The van der Waals surface area contributed by atoms with Gasteiger partial charge in [0.25, 0.3) is 5.91 Å². The molecule has 0 unspecified atom stereocenters. The van der Waals surface area contributed by atoms with Crippen molar-refractivity contribution in [1.29, 1.82) is 0 Å². The molecule has 0 spiro atoms. The van der Waals surface area contributed by atoms with Gasteiger partial charge in [0, 0.05) is 16.6 Å². The van der Waals surface area contributed by atoms with Crippen LogP contribution in [0.15, 0.2) is 77.3 Å². The van der Waals surface area contributed by atoms with Crippen molar-refractivity contribution in [1.82, 2.24) is 19.7 Å². The van der Waals surface area contributed by atoms with E-state index in [2.05, 4.69) is 20.5 Å². The van der Waals surface area contributed by atoms with Gasteiger partial charge in [-0.2, -0.15) is 0 Å². The quantitative estimate of drug-likeness (QED) is 0.203. The zero-order valence-electron chi connectivity index (χ0n) is 19.9. The zero-order valence-corrected chi connectivity index (χ0v) is 23.0. The minimum atomic E-state index is -0.240. The average Bonchev–Trinajstić information content (AvgIpc) is 3.53. The second kappa shape index (κ2) is 11.1. The largest absolute Gasteiger partial charge is 0.321 e. The summed E-state index contributed by atoms with van der Waals surface area (Å²) in [5.74, 6) is 0.858. The van der Waals surface area contributed by atoms with Gasteiger partial charge in [0.15, 0.2) is 11.0 Å². The minimum Gasteiger partial charge on any atom is -0.321 e. The number of hydrogen-bond acceptors (Lipinski definition) is 6. The second-order valence-electron chi connectivity index (χ2n) is 8.24. The number of aryl methyl sites for hydroxylation is 2. The molecule has 0 fully saturated rings. The molecule has 0 atom stereocenters. The first kappa shape index (κ1) is 25.5. The number of hydrogen-bond donors (Lipinski definition) is 1. The summed E-state index contributed by atoms with van der Waals surface area (Å²) in [5.41, 5.74) is 4.92. The van der Waals surface area contributed by atoms with Gasteiger partial charge in [-0.05, 0) is 61.4 Å². The van der Waals surface area contributed by atoms with Gasteiger partial charge in [0.2, 0.25) is 0 Å². The fourth-order valence-corrected chi connectivity index (χ4v) is 5.83. The Hall–Kier alpha value is -3.17. The third kappa shape index (κ3) is 5.57. The number of nitrogens with one attached hydrogen (secondary N) is 1. The van der Waals surface area contributed by atoms with Crippen LogP contribution in [0.5, 0.6) is 0 Å². The van der Waals surface area contributed by atoms with E-state index in [0.717, 1.165) is 27.5 Å². The lowest BCUT2D eigenvalue weighted by atomic mass is 10.1. The number of para-hydroxylation sites is 1. The Balaban J connectivity index is 1.38. The van der Waals surface area contributed by atoms with E-state index in [-0.39, 0.29) is 5.91 Å². The maximum absolute atomic E-state index is 12.7. The summed E-state index contributed by atoms with van der Waals surface area (Å²) in [6.45, 7) is 4.05. The number of rotatable bonds is 7. The minimum absolute atomic E-state index is 0.240. The van der Waals surface area contributed by atoms with Crippen LogP contribution in [0.25, 0.3) is 17.1 Å². The summed E-state index contributed by atoms with van der Waals surface area (Å²) in [6, 6.07) is 20.8. The molecule has 0 aliphatic heterocycles. The summed E-state index contributed by atoms with van der Waals surface area (Å²) in [6.07, 6.45) is 0. The van der Waals surface area contributed by atoms with Crippen LogP contribution in [0.4, 0.5) is 5.69 Å². The fraction of sp³-hybridized carbons (Fsp3) is 0.111. The predicted octanol–water partition coefficient (Wildman–Crippen LogP) is 7.86. The molecule has 3 aromatic carbocycles. The Kier molecular flexibility index (Phi) is 7.62. The molecular formula is C27H21Cl2N5OS2. The van der Waals surface area contributed by atoms with Crippen LogP contribution < -0.4 is 5.32 Å². The number of benzene rings is 3. The predicted molar refractivity (Wildman–Crippen MR) is 152 cm³/mol. The van der Waals surface area contributed by atoms with Crippen molar-refractivity contribution in [3.8, 4) is 17.1 Å². The molecule has 5 rings (SSSR count). The number of nitrogens with zero attached hydrogens (tertiary/aromatic N) is 4. The average molecular weight is 567 g/mol. The molecule has 186 valence electrons. The highest BCUT2D eigenvalue weighted by molar-refractivity contribution is 7.98. The molecule has 37 heavy (non-hydrogen) atoms. The molecule has 10 heteroatoms. The highest BCUT2D eigenvalue weighted by atomic mass is 35.5. The first-order valence-electron chi connectivity index (χ1n) is 11.3. The number of halogens is 2. The van der Waals surface area contributed by atoms with Crippen LogP contribution in [0, 0.1) is 13.8 Å². The summed E-state index contributed by atoms with van der Waals surface area (Å²) >= 11 is 15.9. The molecule has 0 saturated heterocycles. The monoisotopic (exact) mass is 565 g/mol. The molecule has 0 aliphatic carbocycles. The highest BCUT2D eigenvalue weighted by Crippen LogP contribution is 2.35. The normalized spacial score (nSPS) is 11.0. The number of amides is 1. The molecule has 0 radical (unpaired) electrons. The van der Waals surface area contributed by atoms with Crippen molar-refractivity contribution in [2.45, 2.75) is 24.8 Å². The third-order valence-electron chi connectivity index (χ3n) is 5.72. The van der Waals surface area contributed by atoms with Crippen LogP contribution in [-0.2, 0) is 5.75 Å². The Morgan fingerprint density at radius 2 is 1.73 bits per heavy atom. The third-order valence-corrected chi connectivity index (χ3v) is 8.34. The van der Waals surface area contributed by atoms with Crippen LogP contribution in [0.3, 0.4) is 0 Å². The molecular weight excluding hydrogens is 545 g/mol. The zero-order chi connectivity index (χ0) is 25.9. The summed E-state index contributed by atoms with van der Waals surface area (Å²) in [4.78, 5) is 17.3. The van der Waals surface area contributed by atoms with E-state index in [4.69, 9.17) is 23.2 Å². The summed E-state index contributed by atoms with van der Waals surface area (Å²) < 4.78 is 1.90. The molecule has 0 saturated carbocycles. The van der Waals surface area contributed by atoms with Crippen molar-refractivity contribution in [2.24, 2.45) is 0 Å². The highest BCUT2D eigenvalue weighted by Gasteiger charge is 2.20. The summed E-state index contributed by atoms with van der Waals surface area (Å²) in [7, 11) is 0. The lowest BCUT2D eigenvalue weighted by Crippen LogP contribution is -2.12. The van der Waals surface area contributed by atoms with E-state index >= 15 is 0 Å². The van der Waals surface area contributed by atoms with Gasteiger partial charge in [-0.15, -0.1) is 21.5 Å². The van der Waals surface area contributed by atoms with Crippen LogP contribution >= 0.6 is 46.3 Å². The summed E-state index contributed by atoms with van der Waals surface area (Å²) in [5, 5.41) is 16.1. The van der Waals surface area contributed by atoms with Gasteiger partial charge in [-0.25, -0.2) is 4.98 Å². The van der Waals surface area contributed by atoms with Crippen molar-refractivity contribution in [3.63, 3.8) is 0 Å². The molecule has 1 N–H and O–H groups in total. The van der Waals surface area contributed by atoms with Gasteiger partial charge < -0.3 is 5.32 Å². The SMILES string of the molecule is Cc1ccc(NC(=O)c2csc(CSc3nnc(-c4ccccc4Cl)n3-c3ccccc3Cl)n2)cc1C. The molecule has 0 aliphatic rings. The van der Waals surface area contributed by atoms with Crippen molar-refractivity contribution in [3.05, 3.63) is 104 Å². The molecule has 2 heterocycles. The Morgan fingerprint density at radius 3 is 2.49 bits per heavy atom. The van der Waals surface area contributed by atoms with Crippen molar-refractivity contribution in [2.75, 3.05) is 5.32 Å².